The largest absolute Gasteiger partial charge is 0.416 e. The average molecular weight is 612 g/mol. The van der Waals surface area contributed by atoms with Gasteiger partial charge in [-0.1, -0.05) is 92.0 Å². The molecule has 0 radical (unpaired) electrons. The van der Waals surface area contributed by atoms with Gasteiger partial charge in [0.1, 0.15) is 0 Å². The number of hydrogen-bond acceptors (Lipinski definition) is 2. The fourth-order valence-corrected chi connectivity index (χ4v) is 8.27. The van der Waals surface area contributed by atoms with Crippen LogP contribution in [0, 0.1) is 11.8 Å². The number of anilines is 1. The van der Waals surface area contributed by atoms with Crippen molar-refractivity contribution in [3.8, 4) is 0 Å². The number of halogens is 6. The predicted molar refractivity (Wildman–Crippen MR) is 128 cm³/mol. The van der Waals surface area contributed by atoms with Gasteiger partial charge in [-0.3, -0.25) is 9.59 Å². The molecule has 0 spiro atoms. The Balaban J connectivity index is 1.62. The maximum Gasteiger partial charge on any atom is 0.416 e. The van der Waals surface area contributed by atoms with E-state index in [-0.39, 0.29) is 10.7 Å². The van der Waals surface area contributed by atoms with Crippen LogP contribution in [0.1, 0.15) is 27.8 Å². The Hall–Kier alpha value is -2.16. The van der Waals surface area contributed by atoms with Crippen LogP contribution in [0.25, 0.3) is 0 Å². The van der Waals surface area contributed by atoms with Crippen LogP contribution in [0.3, 0.4) is 0 Å². The van der Waals surface area contributed by atoms with Crippen molar-refractivity contribution < 1.29 is 22.8 Å². The van der Waals surface area contributed by atoms with Gasteiger partial charge in [0.05, 0.1) is 36.8 Å². The highest BCUT2D eigenvalue weighted by Gasteiger charge is 2.72. The highest BCUT2D eigenvalue weighted by molar-refractivity contribution is 9.10. The lowest BCUT2D eigenvalue weighted by Gasteiger charge is -2.55. The number of rotatable bonds is 1. The van der Waals surface area contributed by atoms with E-state index in [9.17, 15) is 22.8 Å². The van der Waals surface area contributed by atoms with Gasteiger partial charge in [-0.2, -0.15) is 13.2 Å². The Morgan fingerprint density at radius 3 is 1.56 bits per heavy atom. The summed E-state index contributed by atoms with van der Waals surface area (Å²) in [7, 11) is 0. The van der Waals surface area contributed by atoms with Crippen LogP contribution in [-0.4, -0.2) is 11.8 Å². The molecule has 34 heavy (non-hydrogen) atoms. The van der Waals surface area contributed by atoms with Crippen molar-refractivity contribution in [1.82, 2.24) is 0 Å². The number of imide groups is 1. The predicted octanol–water partition coefficient (Wildman–Crippen LogP) is 6.77. The van der Waals surface area contributed by atoms with E-state index in [2.05, 4.69) is 31.9 Å². The smallest absolute Gasteiger partial charge is 0.274 e. The number of hydrogen-bond donors (Lipinski definition) is 0. The normalized spacial score (nSPS) is 29.2. The first-order chi connectivity index (χ1) is 16.0. The third-order valence-electron chi connectivity index (χ3n) is 7.10. The third kappa shape index (κ3) is 2.54. The van der Waals surface area contributed by atoms with E-state index in [1.807, 2.05) is 48.5 Å². The highest BCUT2D eigenvalue weighted by Crippen LogP contribution is 2.71. The Kier molecular flexibility index (Phi) is 4.56. The molecular formula is C25H13Br2ClF3NO2. The molecule has 172 valence electrons. The molecule has 3 aromatic carbocycles. The molecular weight excluding hydrogens is 599 g/mol. The van der Waals surface area contributed by atoms with Crippen molar-refractivity contribution in [3.05, 3.63) is 99.6 Å². The van der Waals surface area contributed by atoms with Crippen LogP contribution in [0.5, 0.6) is 0 Å². The molecule has 1 aliphatic heterocycles. The van der Waals surface area contributed by atoms with Gasteiger partial charge in [-0.25, -0.2) is 4.90 Å². The molecule has 1 saturated heterocycles. The van der Waals surface area contributed by atoms with E-state index < -0.39 is 44.0 Å². The van der Waals surface area contributed by atoms with Crippen LogP contribution in [0.4, 0.5) is 18.9 Å². The van der Waals surface area contributed by atoms with Gasteiger partial charge in [0.2, 0.25) is 11.8 Å². The number of carbonyl (C=O) groups excluding carboxylic acids is 2. The quantitative estimate of drug-likeness (QED) is 0.225. The van der Waals surface area contributed by atoms with Gasteiger partial charge in [-0.05, 0) is 40.5 Å². The molecule has 2 amide bonds. The monoisotopic (exact) mass is 609 g/mol. The first-order valence-corrected chi connectivity index (χ1v) is 12.3. The zero-order valence-corrected chi connectivity index (χ0v) is 21.0. The summed E-state index contributed by atoms with van der Waals surface area (Å²) in [5.74, 6) is -2.98. The van der Waals surface area contributed by atoms with Crippen molar-refractivity contribution in [2.45, 2.75) is 14.8 Å². The molecule has 1 fully saturated rings. The van der Waals surface area contributed by atoms with Crippen molar-refractivity contribution in [2.24, 2.45) is 11.8 Å². The first-order valence-electron chi connectivity index (χ1n) is 10.3. The Labute approximate surface area is 214 Å². The van der Waals surface area contributed by atoms with Crippen LogP contribution in [0.2, 0.25) is 5.02 Å². The summed E-state index contributed by atoms with van der Waals surface area (Å²) in [4.78, 5) is 28.7. The summed E-state index contributed by atoms with van der Waals surface area (Å²) < 4.78 is 38.3. The first kappa shape index (κ1) is 22.3. The number of carbonyl (C=O) groups is 2. The van der Waals surface area contributed by atoms with Crippen molar-refractivity contribution in [3.63, 3.8) is 0 Å². The molecule has 0 N–H and O–H groups in total. The second kappa shape index (κ2) is 6.95. The van der Waals surface area contributed by atoms with E-state index in [0.717, 1.165) is 45.4 Å². The van der Waals surface area contributed by atoms with Crippen molar-refractivity contribution in [2.75, 3.05) is 4.90 Å². The minimum Gasteiger partial charge on any atom is -0.274 e. The van der Waals surface area contributed by atoms with Crippen LogP contribution < -0.4 is 4.90 Å². The summed E-state index contributed by atoms with van der Waals surface area (Å²) in [5.41, 5.74) is 2.10. The summed E-state index contributed by atoms with van der Waals surface area (Å²) in [6, 6.07) is 17.7. The summed E-state index contributed by atoms with van der Waals surface area (Å²) >= 11 is 14.0. The van der Waals surface area contributed by atoms with E-state index in [4.69, 9.17) is 11.6 Å². The minimum absolute atomic E-state index is 0.108. The maximum absolute atomic E-state index is 13.9. The zero-order chi connectivity index (χ0) is 24.2. The molecule has 4 aliphatic rings. The van der Waals surface area contributed by atoms with Gasteiger partial charge in [-0.15, -0.1) is 0 Å². The number of alkyl halides is 5. The molecule has 2 unspecified atom stereocenters. The van der Waals surface area contributed by atoms with Gasteiger partial charge in [0.25, 0.3) is 0 Å². The lowest BCUT2D eigenvalue weighted by Crippen LogP contribution is -2.56. The Bertz CT molecular complexity index is 1300. The van der Waals surface area contributed by atoms with E-state index in [1.165, 1.54) is 0 Å². The maximum atomic E-state index is 13.9. The Morgan fingerprint density at radius 2 is 1.18 bits per heavy atom. The second-order valence-electron chi connectivity index (χ2n) is 8.65. The van der Waals surface area contributed by atoms with Gasteiger partial charge < -0.3 is 0 Å². The molecule has 2 atom stereocenters. The highest BCUT2D eigenvalue weighted by atomic mass is 79.9. The lowest BCUT2D eigenvalue weighted by molar-refractivity contribution is -0.137. The summed E-state index contributed by atoms with van der Waals surface area (Å²) in [5, 5.41) is -0.108. The molecule has 9 heteroatoms. The molecule has 2 bridgehead atoms. The summed E-state index contributed by atoms with van der Waals surface area (Å²) in [6.45, 7) is 0. The van der Waals surface area contributed by atoms with Gasteiger partial charge in [0, 0.05) is 0 Å². The average Bonchev–Trinajstić information content (AvgIpc) is 3.08. The number of nitrogens with zero attached hydrogens (tertiary/aromatic N) is 1. The zero-order valence-electron chi connectivity index (χ0n) is 17.0. The molecule has 0 saturated carbocycles. The Morgan fingerprint density at radius 1 is 0.765 bits per heavy atom. The topological polar surface area (TPSA) is 37.4 Å². The van der Waals surface area contributed by atoms with Gasteiger partial charge in [0.15, 0.2) is 0 Å². The number of amides is 2. The standard InChI is InChI=1S/C25H13Br2ClF3NO2/c26-23-13-5-1-2-6-14(13)24(27,16-8-4-3-7-15(16)23)20-19(23)21(33)32(22(20)34)18-11-12(25(29,30)31)9-10-17(18)28/h1-11,19-20H. The summed E-state index contributed by atoms with van der Waals surface area (Å²) in [6.07, 6.45) is -4.66. The second-order valence-corrected chi connectivity index (χ2v) is 11.6. The minimum atomic E-state index is -4.66. The van der Waals surface area contributed by atoms with Crippen LogP contribution >= 0.6 is 43.5 Å². The fourth-order valence-electron chi connectivity index (χ4n) is 5.76. The van der Waals surface area contributed by atoms with Crippen molar-refractivity contribution >= 4 is 61.0 Å². The third-order valence-corrected chi connectivity index (χ3v) is 10.1. The van der Waals surface area contributed by atoms with Crippen LogP contribution in [0.15, 0.2) is 66.7 Å². The van der Waals surface area contributed by atoms with Gasteiger partial charge >= 0.3 is 6.18 Å². The molecule has 3 aliphatic carbocycles. The van der Waals surface area contributed by atoms with Crippen molar-refractivity contribution in [1.29, 1.82) is 0 Å². The molecule has 3 aromatic rings. The lowest BCUT2D eigenvalue weighted by atomic mass is 9.54. The fraction of sp³-hybridized carbons (Fsp3) is 0.200. The molecule has 3 nitrogen and oxygen atoms in total. The molecule has 7 rings (SSSR count). The van der Waals surface area contributed by atoms with E-state index in [1.54, 1.807) is 0 Å². The molecule has 1 heterocycles. The van der Waals surface area contributed by atoms with E-state index >= 15 is 0 Å². The van der Waals surface area contributed by atoms with E-state index in [0.29, 0.717) is 0 Å². The van der Waals surface area contributed by atoms with Crippen LogP contribution in [-0.2, 0) is 24.4 Å². The molecule has 0 aromatic heterocycles. The SMILES string of the molecule is O=C1C2C(C(=O)N1c1cc(C(F)(F)F)ccc1Cl)C1(Br)c3ccccc3C2(Br)c2ccccc21. The number of benzene rings is 3.